The van der Waals surface area contributed by atoms with Crippen LogP contribution in [0.25, 0.3) is 0 Å². The van der Waals surface area contributed by atoms with Crippen molar-refractivity contribution in [3.05, 3.63) is 60.8 Å². The number of unbranched alkanes of at least 4 members (excludes halogenated alkanes) is 1. The average Bonchev–Trinajstić information content (AvgIpc) is 2.63. The molecule has 0 amide bonds. The van der Waals surface area contributed by atoms with Crippen molar-refractivity contribution in [1.82, 2.24) is 0 Å². The van der Waals surface area contributed by atoms with Gasteiger partial charge in [-0.1, -0.05) is 74.6 Å². The molecule has 0 fully saturated rings. The second kappa shape index (κ2) is 21.1. The minimum Gasteiger partial charge on any atom is -0.395 e. The molecule has 0 radical (unpaired) electrons. The van der Waals surface area contributed by atoms with E-state index < -0.39 is 0 Å². The van der Waals surface area contributed by atoms with Gasteiger partial charge >= 0.3 is 0 Å². The predicted octanol–water partition coefficient (Wildman–Crippen LogP) is 7.02. The summed E-state index contributed by atoms with van der Waals surface area (Å²) in [6, 6.07) is 0. The highest BCUT2D eigenvalue weighted by atomic mass is 32.2. The largest absolute Gasteiger partial charge is 0.395 e. The standard InChI is InChI=1S/C23H38OS/c1-3-5-6-7-8-9-10-11-12-13-14-15-16-17-18-19-20-23(22-24)25-21-4-2/h5-6,8-9,11-12,14-15,18-19,23-24H,3-4,7,10,13,16-17,20-22H2,1-2H3. The third kappa shape index (κ3) is 19.2. The molecule has 0 heterocycles. The maximum Gasteiger partial charge on any atom is 0.0553 e. The van der Waals surface area contributed by atoms with E-state index in [0.29, 0.717) is 5.25 Å². The van der Waals surface area contributed by atoms with Crippen LogP contribution in [0.5, 0.6) is 0 Å². The molecule has 142 valence electrons. The van der Waals surface area contributed by atoms with E-state index in [1.54, 1.807) is 0 Å². The molecular formula is C23H38OS. The van der Waals surface area contributed by atoms with E-state index in [1.807, 2.05) is 11.8 Å². The molecule has 0 aromatic rings. The Hall–Kier alpha value is -0.990. The molecule has 0 saturated carbocycles. The minimum atomic E-state index is 0.284. The first-order valence-electron chi connectivity index (χ1n) is 9.82. The van der Waals surface area contributed by atoms with Crippen LogP contribution in [-0.4, -0.2) is 22.7 Å². The lowest BCUT2D eigenvalue weighted by atomic mass is 10.2. The van der Waals surface area contributed by atoms with Gasteiger partial charge in [0.15, 0.2) is 0 Å². The summed E-state index contributed by atoms with van der Waals surface area (Å²) in [6.45, 7) is 4.63. The van der Waals surface area contributed by atoms with Gasteiger partial charge in [-0.15, -0.1) is 0 Å². The summed E-state index contributed by atoms with van der Waals surface area (Å²) in [5.74, 6) is 1.14. The summed E-state index contributed by atoms with van der Waals surface area (Å²) in [7, 11) is 0. The zero-order valence-corrected chi connectivity index (χ0v) is 17.1. The Kier molecular flexibility index (Phi) is 20.2. The van der Waals surface area contributed by atoms with Crippen molar-refractivity contribution in [2.75, 3.05) is 12.4 Å². The average molecular weight is 363 g/mol. The number of hydrogen-bond acceptors (Lipinski definition) is 2. The SMILES string of the molecule is CCC=CCC=CCC=CCC=CCCC=CCC(CO)SCCC. The minimum absolute atomic E-state index is 0.284. The summed E-state index contributed by atoms with van der Waals surface area (Å²) in [5.41, 5.74) is 0. The first-order valence-corrected chi connectivity index (χ1v) is 10.9. The Balaban J connectivity index is 3.57. The van der Waals surface area contributed by atoms with Gasteiger partial charge in [-0.25, -0.2) is 0 Å². The molecule has 1 nitrogen and oxygen atoms in total. The van der Waals surface area contributed by atoms with Gasteiger partial charge in [-0.3, -0.25) is 0 Å². The maximum absolute atomic E-state index is 9.30. The maximum atomic E-state index is 9.30. The normalized spacial score (nSPS) is 14.2. The van der Waals surface area contributed by atoms with E-state index in [2.05, 4.69) is 74.6 Å². The van der Waals surface area contributed by atoms with E-state index in [0.717, 1.165) is 50.7 Å². The fourth-order valence-electron chi connectivity index (χ4n) is 2.14. The highest BCUT2D eigenvalue weighted by Gasteiger charge is 2.03. The van der Waals surface area contributed by atoms with Gasteiger partial charge < -0.3 is 5.11 Å². The molecule has 0 saturated heterocycles. The molecule has 2 heteroatoms. The lowest BCUT2D eigenvalue weighted by Gasteiger charge is -2.09. The third-order valence-corrected chi connectivity index (χ3v) is 5.00. The number of aliphatic hydroxyl groups excluding tert-OH is 1. The lowest BCUT2D eigenvalue weighted by molar-refractivity contribution is 0.295. The Morgan fingerprint density at radius 2 is 1.24 bits per heavy atom. The summed E-state index contributed by atoms with van der Waals surface area (Å²) in [6.07, 6.45) is 30.9. The van der Waals surface area contributed by atoms with Crippen molar-refractivity contribution in [2.24, 2.45) is 0 Å². The first-order chi connectivity index (χ1) is 12.3. The molecule has 1 N–H and O–H groups in total. The van der Waals surface area contributed by atoms with E-state index in [4.69, 9.17) is 0 Å². The predicted molar refractivity (Wildman–Crippen MR) is 117 cm³/mol. The van der Waals surface area contributed by atoms with E-state index in [1.165, 1.54) is 6.42 Å². The van der Waals surface area contributed by atoms with Gasteiger partial charge in [-0.05, 0) is 57.1 Å². The van der Waals surface area contributed by atoms with Crippen molar-refractivity contribution in [3.63, 3.8) is 0 Å². The Bertz CT molecular complexity index is 404. The summed E-state index contributed by atoms with van der Waals surface area (Å²) in [4.78, 5) is 0. The second-order valence-corrected chi connectivity index (χ2v) is 7.37. The molecule has 1 atom stereocenters. The van der Waals surface area contributed by atoms with Gasteiger partial charge in [0, 0.05) is 5.25 Å². The number of thioether (sulfide) groups is 1. The molecule has 1 unspecified atom stereocenters. The van der Waals surface area contributed by atoms with Crippen molar-refractivity contribution < 1.29 is 5.11 Å². The summed E-state index contributed by atoms with van der Waals surface area (Å²) < 4.78 is 0. The molecule has 0 aliphatic carbocycles. The van der Waals surface area contributed by atoms with Crippen molar-refractivity contribution >= 4 is 11.8 Å². The second-order valence-electron chi connectivity index (χ2n) is 5.96. The Morgan fingerprint density at radius 3 is 1.76 bits per heavy atom. The van der Waals surface area contributed by atoms with Gasteiger partial charge in [-0.2, -0.15) is 11.8 Å². The summed E-state index contributed by atoms with van der Waals surface area (Å²) >= 11 is 1.88. The molecule has 0 aromatic heterocycles. The van der Waals surface area contributed by atoms with Crippen LogP contribution in [0.1, 0.15) is 65.2 Å². The molecule has 0 aromatic carbocycles. The van der Waals surface area contributed by atoms with Crippen LogP contribution in [0, 0.1) is 0 Å². The molecular weight excluding hydrogens is 324 g/mol. The van der Waals surface area contributed by atoms with Crippen LogP contribution in [0.3, 0.4) is 0 Å². The molecule has 0 aliphatic rings. The zero-order chi connectivity index (χ0) is 18.4. The molecule has 0 aliphatic heterocycles. The van der Waals surface area contributed by atoms with Crippen molar-refractivity contribution in [1.29, 1.82) is 0 Å². The van der Waals surface area contributed by atoms with Gasteiger partial charge in [0.1, 0.15) is 0 Å². The third-order valence-electron chi connectivity index (χ3n) is 3.55. The van der Waals surface area contributed by atoms with Crippen LogP contribution < -0.4 is 0 Å². The van der Waals surface area contributed by atoms with Crippen LogP contribution in [-0.2, 0) is 0 Å². The first kappa shape index (κ1) is 24.0. The quantitative estimate of drug-likeness (QED) is 0.235. The van der Waals surface area contributed by atoms with Crippen molar-refractivity contribution in [2.45, 2.75) is 70.5 Å². The monoisotopic (exact) mass is 362 g/mol. The van der Waals surface area contributed by atoms with Crippen LogP contribution in [0.2, 0.25) is 0 Å². The Labute approximate surface area is 160 Å². The van der Waals surface area contributed by atoms with Crippen LogP contribution in [0.15, 0.2) is 60.8 Å². The Morgan fingerprint density at radius 1 is 0.720 bits per heavy atom. The fraction of sp³-hybridized carbons (Fsp3) is 0.565. The van der Waals surface area contributed by atoms with Gasteiger partial charge in [0.2, 0.25) is 0 Å². The number of allylic oxidation sites excluding steroid dienone is 10. The van der Waals surface area contributed by atoms with E-state index in [9.17, 15) is 5.11 Å². The highest BCUT2D eigenvalue weighted by molar-refractivity contribution is 7.99. The molecule has 0 bridgehead atoms. The fourth-order valence-corrected chi connectivity index (χ4v) is 3.06. The van der Waals surface area contributed by atoms with Crippen molar-refractivity contribution in [3.8, 4) is 0 Å². The number of aliphatic hydroxyl groups is 1. The van der Waals surface area contributed by atoms with Gasteiger partial charge in [0.05, 0.1) is 6.61 Å². The zero-order valence-electron chi connectivity index (χ0n) is 16.3. The molecule has 0 spiro atoms. The number of rotatable bonds is 16. The highest BCUT2D eigenvalue weighted by Crippen LogP contribution is 2.15. The lowest BCUT2D eigenvalue weighted by Crippen LogP contribution is -2.07. The smallest absolute Gasteiger partial charge is 0.0553 e. The van der Waals surface area contributed by atoms with Gasteiger partial charge in [0.25, 0.3) is 0 Å². The van der Waals surface area contributed by atoms with Crippen LogP contribution >= 0.6 is 11.8 Å². The number of hydrogen-bond donors (Lipinski definition) is 1. The molecule has 0 rings (SSSR count). The van der Waals surface area contributed by atoms with Crippen LogP contribution in [0.4, 0.5) is 0 Å². The molecule has 25 heavy (non-hydrogen) atoms. The van der Waals surface area contributed by atoms with E-state index in [-0.39, 0.29) is 6.61 Å². The topological polar surface area (TPSA) is 20.2 Å². The summed E-state index contributed by atoms with van der Waals surface area (Å²) in [5, 5.41) is 9.67. The van der Waals surface area contributed by atoms with E-state index >= 15 is 0 Å².